The highest BCUT2D eigenvalue weighted by atomic mass is 32.2. The molecule has 2 amide bonds. The van der Waals surface area contributed by atoms with Gasteiger partial charge in [-0.05, 0) is 12.1 Å². The fourth-order valence-corrected chi connectivity index (χ4v) is 2.50. The third kappa shape index (κ3) is 2.08. The molecule has 90 valence electrons. The summed E-state index contributed by atoms with van der Waals surface area (Å²) in [5.41, 5.74) is 0.995. The van der Waals surface area contributed by atoms with Crippen LogP contribution in [0.4, 0.5) is 0 Å². The van der Waals surface area contributed by atoms with Crippen LogP contribution in [-0.4, -0.2) is 33.5 Å². The van der Waals surface area contributed by atoms with Crippen LogP contribution < -0.4 is 0 Å². The summed E-state index contributed by atoms with van der Waals surface area (Å²) < 4.78 is 3.19. The monoisotopic (exact) mass is 250 g/mol. The van der Waals surface area contributed by atoms with Crippen molar-refractivity contribution in [3.63, 3.8) is 0 Å². The summed E-state index contributed by atoms with van der Waals surface area (Å²) in [6.07, 6.45) is 0. The van der Waals surface area contributed by atoms with Gasteiger partial charge in [-0.15, -0.1) is 0 Å². The molecule has 1 heterocycles. The zero-order valence-electron chi connectivity index (χ0n) is 9.84. The molecule has 5 heteroatoms. The van der Waals surface area contributed by atoms with E-state index in [4.69, 9.17) is 0 Å². The summed E-state index contributed by atoms with van der Waals surface area (Å²) in [5, 5.41) is 0. The third-order valence-corrected chi connectivity index (χ3v) is 3.90. The summed E-state index contributed by atoms with van der Waals surface area (Å²) in [7, 11) is 0. The van der Waals surface area contributed by atoms with Crippen LogP contribution in [0.25, 0.3) is 0 Å². The van der Waals surface area contributed by atoms with E-state index in [2.05, 4.69) is 0 Å². The lowest BCUT2D eigenvalue weighted by Crippen LogP contribution is -2.29. The molecule has 0 N–H and O–H groups in total. The van der Waals surface area contributed by atoms with Crippen molar-refractivity contribution < 1.29 is 9.59 Å². The second-order valence-electron chi connectivity index (χ2n) is 3.65. The maximum absolute atomic E-state index is 12.0. The van der Waals surface area contributed by atoms with Crippen LogP contribution in [0.1, 0.15) is 34.6 Å². The number of benzene rings is 1. The molecular formula is C12H14N2O2S. The van der Waals surface area contributed by atoms with Crippen molar-refractivity contribution in [1.82, 2.24) is 8.61 Å². The van der Waals surface area contributed by atoms with Gasteiger partial charge in [-0.3, -0.25) is 9.59 Å². The first-order valence-electron chi connectivity index (χ1n) is 5.59. The van der Waals surface area contributed by atoms with Gasteiger partial charge < -0.3 is 0 Å². The second kappa shape index (κ2) is 4.89. The third-order valence-electron chi connectivity index (χ3n) is 2.66. The van der Waals surface area contributed by atoms with E-state index in [0.29, 0.717) is 11.1 Å². The number of imide groups is 1. The topological polar surface area (TPSA) is 40.6 Å². The first-order valence-corrected chi connectivity index (χ1v) is 6.32. The highest BCUT2D eigenvalue weighted by molar-refractivity contribution is 7.95. The molecule has 1 aliphatic heterocycles. The van der Waals surface area contributed by atoms with Gasteiger partial charge >= 0.3 is 0 Å². The van der Waals surface area contributed by atoms with Crippen molar-refractivity contribution in [3.8, 4) is 0 Å². The van der Waals surface area contributed by atoms with Gasteiger partial charge in [-0.1, -0.05) is 26.0 Å². The molecule has 0 unspecified atom stereocenters. The molecule has 0 radical (unpaired) electrons. The van der Waals surface area contributed by atoms with Crippen molar-refractivity contribution >= 4 is 23.9 Å². The van der Waals surface area contributed by atoms with Gasteiger partial charge in [0.2, 0.25) is 0 Å². The maximum atomic E-state index is 12.0. The van der Waals surface area contributed by atoms with E-state index in [1.807, 2.05) is 18.2 Å². The Labute approximate surface area is 105 Å². The average Bonchev–Trinajstić information content (AvgIpc) is 2.61. The molecule has 2 rings (SSSR count). The Morgan fingerprint density at radius 1 is 1.06 bits per heavy atom. The van der Waals surface area contributed by atoms with Gasteiger partial charge in [0, 0.05) is 13.1 Å². The van der Waals surface area contributed by atoms with Gasteiger partial charge in [0.15, 0.2) is 0 Å². The first-order chi connectivity index (χ1) is 8.19. The van der Waals surface area contributed by atoms with E-state index in [0.717, 1.165) is 13.1 Å². The predicted octanol–water partition coefficient (Wildman–Crippen LogP) is 2.19. The number of amides is 2. The van der Waals surface area contributed by atoms with Crippen LogP contribution in [0.3, 0.4) is 0 Å². The minimum atomic E-state index is -0.220. The molecule has 0 saturated heterocycles. The predicted molar refractivity (Wildman–Crippen MR) is 67.5 cm³/mol. The Morgan fingerprint density at radius 3 is 1.94 bits per heavy atom. The number of hydrogen-bond donors (Lipinski definition) is 0. The Kier molecular flexibility index (Phi) is 3.49. The van der Waals surface area contributed by atoms with Crippen LogP contribution in [0, 0.1) is 0 Å². The van der Waals surface area contributed by atoms with Crippen LogP contribution in [-0.2, 0) is 0 Å². The number of rotatable bonds is 4. The molecule has 0 saturated carbocycles. The zero-order chi connectivity index (χ0) is 12.4. The lowest BCUT2D eigenvalue weighted by atomic mass is 10.1. The van der Waals surface area contributed by atoms with E-state index >= 15 is 0 Å². The number of carbonyl (C=O) groups excluding carboxylic acids is 2. The normalized spacial score (nSPS) is 14.6. The number of fused-ring (bicyclic) bond motifs is 1. The first kappa shape index (κ1) is 12.1. The van der Waals surface area contributed by atoms with Gasteiger partial charge in [0.05, 0.1) is 23.3 Å². The fourth-order valence-electron chi connectivity index (χ4n) is 1.70. The fraction of sp³-hybridized carbons (Fsp3) is 0.333. The summed E-state index contributed by atoms with van der Waals surface area (Å²) in [6, 6.07) is 6.93. The van der Waals surface area contributed by atoms with Gasteiger partial charge in [0.25, 0.3) is 11.8 Å². The molecular weight excluding hydrogens is 236 g/mol. The molecule has 1 aliphatic rings. The van der Waals surface area contributed by atoms with Crippen molar-refractivity contribution in [2.75, 3.05) is 13.1 Å². The lowest BCUT2D eigenvalue weighted by molar-refractivity contribution is 0.0773. The minimum absolute atomic E-state index is 0.220. The van der Waals surface area contributed by atoms with Crippen LogP contribution in [0.5, 0.6) is 0 Å². The Bertz CT molecular complexity index is 423. The standard InChI is InChI=1S/C12H14N2O2S/c1-3-13(4-2)17-14-11(15)9-7-5-6-8-10(9)12(14)16/h5-8H,3-4H2,1-2H3. The number of nitrogens with zero attached hydrogens (tertiary/aromatic N) is 2. The van der Waals surface area contributed by atoms with Crippen LogP contribution in [0.15, 0.2) is 24.3 Å². The lowest BCUT2D eigenvalue weighted by Gasteiger charge is -2.21. The number of hydrogen-bond acceptors (Lipinski definition) is 4. The van der Waals surface area contributed by atoms with Gasteiger partial charge in [-0.25, -0.2) is 8.61 Å². The minimum Gasteiger partial charge on any atom is -0.268 e. The summed E-state index contributed by atoms with van der Waals surface area (Å²) >= 11 is 1.19. The highest BCUT2D eigenvalue weighted by Gasteiger charge is 2.36. The van der Waals surface area contributed by atoms with E-state index in [1.165, 1.54) is 16.4 Å². The Balaban J connectivity index is 2.24. The summed E-state index contributed by atoms with van der Waals surface area (Å²) in [5.74, 6) is -0.440. The smallest absolute Gasteiger partial charge is 0.268 e. The Morgan fingerprint density at radius 2 is 1.53 bits per heavy atom. The maximum Gasteiger partial charge on any atom is 0.272 e. The average molecular weight is 250 g/mol. The second-order valence-corrected chi connectivity index (χ2v) is 4.69. The molecule has 0 spiro atoms. The van der Waals surface area contributed by atoms with E-state index in [-0.39, 0.29) is 11.8 Å². The number of carbonyl (C=O) groups is 2. The molecule has 0 aliphatic carbocycles. The van der Waals surface area contributed by atoms with Crippen LogP contribution >= 0.6 is 12.1 Å². The van der Waals surface area contributed by atoms with Gasteiger partial charge in [-0.2, -0.15) is 0 Å². The van der Waals surface area contributed by atoms with Crippen molar-refractivity contribution in [3.05, 3.63) is 35.4 Å². The van der Waals surface area contributed by atoms with Crippen LogP contribution in [0.2, 0.25) is 0 Å². The molecule has 4 nitrogen and oxygen atoms in total. The zero-order valence-corrected chi connectivity index (χ0v) is 10.7. The molecule has 1 aromatic rings. The SMILES string of the molecule is CCN(CC)SN1C(=O)c2ccccc2C1=O. The molecule has 17 heavy (non-hydrogen) atoms. The highest BCUT2D eigenvalue weighted by Crippen LogP contribution is 2.29. The molecule has 0 aromatic heterocycles. The molecule has 0 bridgehead atoms. The van der Waals surface area contributed by atoms with Crippen molar-refractivity contribution in [2.24, 2.45) is 0 Å². The van der Waals surface area contributed by atoms with E-state index in [1.54, 1.807) is 24.3 Å². The Hall–Kier alpha value is -1.33. The molecule has 0 fully saturated rings. The van der Waals surface area contributed by atoms with E-state index in [9.17, 15) is 9.59 Å². The molecule has 1 aromatic carbocycles. The quantitative estimate of drug-likeness (QED) is 0.606. The molecule has 0 atom stereocenters. The summed E-state index contributed by atoms with van der Waals surface area (Å²) in [4.78, 5) is 24.1. The van der Waals surface area contributed by atoms with Crippen molar-refractivity contribution in [2.45, 2.75) is 13.8 Å². The van der Waals surface area contributed by atoms with E-state index < -0.39 is 0 Å². The summed E-state index contributed by atoms with van der Waals surface area (Å²) in [6.45, 7) is 5.56. The van der Waals surface area contributed by atoms with Crippen molar-refractivity contribution in [1.29, 1.82) is 0 Å². The van der Waals surface area contributed by atoms with Gasteiger partial charge in [0.1, 0.15) is 0 Å². The largest absolute Gasteiger partial charge is 0.272 e.